The Hall–Kier alpha value is -1.86. The highest BCUT2D eigenvalue weighted by atomic mass is 16.3. The summed E-state index contributed by atoms with van der Waals surface area (Å²) >= 11 is 0. The Labute approximate surface area is 117 Å². The van der Waals surface area contributed by atoms with Crippen molar-refractivity contribution >= 4 is 11.8 Å². The van der Waals surface area contributed by atoms with Crippen LogP contribution < -0.4 is 11.1 Å². The van der Waals surface area contributed by atoms with Gasteiger partial charge in [0, 0.05) is 39.3 Å². The number of nitrogens with zero attached hydrogens (tertiary/aromatic N) is 2. The summed E-state index contributed by atoms with van der Waals surface area (Å²) in [7, 11) is 0. The van der Waals surface area contributed by atoms with Crippen LogP contribution in [0.25, 0.3) is 0 Å². The number of carbonyl (C=O) groups excluding carboxylic acids is 2. The van der Waals surface area contributed by atoms with Crippen molar-refractivity contribution in [2.45, 2.75) is 6.54 Å². The summed E-state index contributed by atoms with van der Waals surface area (Å²) < 4.78 is 5.09. The second-order valence-electron chi connectivity index (χ2n) is 4.68. The average molecular weight is 280 g/mol. The highest BCUT2D eigenvalue weighted by Crippen LogP contribution is 2.02. The Kier molecular flexibility index (Phi) is 5.14. The first-order valence-electron chi connectivity index (χ1n) is 6.72. The molecule has 2 rings (SSSR count). The van der Waals surface area contributed by atoms with E-state index in [4.69, 9.17) is 10.2 Å². The largest absolute Gasteiger partial charge is 0.467 e. The van der Waals surface area contributed by atoms with Crippen molar-refractivity contribution in [1.29, 1.82) is 0 Å². The molecule has 7 nitrogen and oxygen atoms in total. The fourth-order valence-electron chi connectivity index (χ4n) is 2.16. The second kappa shape index (κ2) is 7.06. The van der Waals surface area contributed by atoms with Gasteiger partial charge in [-0.15, -0.1) is 0 Å². The van der Waals surface area contributed by atoms with Gasteiger partial charge in [0.15, 0.2) is 0 Å². The summed E-state index contributed by atoms with van der Waals surface area (Å²) in [6, 6.07) is 3.48. The lowest BCUT2D eigenvalue weighted by atomic mass is 10.3. The maximum atomic E-state index is 12.0. The fraction of sp³-hybridized carbons (Fsp3) is 0.538. The van der Waals surface area contributed by atoms with Crippen LogP contribution >= 0.6 is 0 Å². The van der Waals surface area contributed by atoms with Crippen molar-refractivity contribution in [2.24, 2.45) is 5.73 Å². The van der Waals surface area contributed by atoms with Crippen LogP contribution in [0.1, 0.15) is 5.76 Å². The van der Waals surface area contributed by atoms with E-state index in [9.17, 15) is 9.59 Å². The van der Waals surface area contributed by atoms with Crippen LogP contribution in [0.5, 0.6) is 0 Å². The molecule has 110 valence electrons. The molecule has 3 N–H and O–H groups in total. The van der Waals surface area contributed by atoms with Gasteiger partial charge in [-0.25, -0.2) is 0 Å². The number of amides is 2. The smallest absolute Gasteiger partial charge is 0.311 e. The Morgan fingerprint density at radius 3 is 2.65 bits per heavy atom. The molecule has 1 saturated heterocycles. The minimum atomic E-state index is -0.589. The summed E-state index contributed by atoms with van der Waals surface area (Å²) in [5, 5.41) is 2.56. The molecule has 0 spiro atoms. The summed E-state index contributed by atoms with van der Waals surface area (Å²) in [5.41, 5.74) is 5.49. The van der Waals surface area contributed by atoms with Crippen LogP contribution in [0.4, 0.5) is 0 Å². The van der Waals surface area contributed by atoms with Crippen LogP contribution in [0.2, 0.25) is 0 Å². The molecule has 0 radical (unpaired) electrons. The molecule has 1 aliphatic heterocycles. The molecule has 2 amide bonds. The first-order chi connectivity index (χ1) is 9.70. The predicted octanol–water partition coefficient (Wildman–Crippen LogP) is -1.00. The van der Waals surface area contributed by atoms with Crippen molar-refractivity contribution in [3.8, 4) is 0 Å². The third-order valence-electron chi connectivity index (χ3n) is 3.30. The quantitative estimate of drug-likeness (QED) is 0.690. The normalized spacial score (nSPS) is 16.1. The van der Waals surface area contributed by atoms with Gasteiger partial charge in [-0.05, 0) is 12.1 Å². The van der Waals surface area contributed by atoms with E-state index in [1.54, 1.807) is 17.0 Å². The maximum absolute atomic E-state index is 12.0. The van der Waals surface area contributed by atoms with Crippen molar-refractivity contribution in [1.82, 2.24) is 15.1 Å². The maximum Gasteiger partial charge on any atom is 0.311 e. The monoisotopic (exact) mass is 280 g/mol. The molecule has 20 heavy (non-hydrogen) atoms. The molecule has 0 aliphatic carbocycles. The van der Waals surface area contributed by atoms with E-state index in [1.165, 1.54) is 6.26 Å². The van der Waals surface area contributed by atoms with E-state index in [1.807, 2.05) is 0 Å². The van der Waals surface area contributed by atoms with E-state index >= 15 is 0 Å². The number of nitrogens with one attached hydrogen (secondary N) is 1. The highest BCUT2D eigenvalue weighted by molar-refractivity contribution is 6.34. The van der Waals surface area contributed by atoms with Gasteiger partial charge in [0.1, 0.15) is 5.76 Å². The summed E-state index contributed by atoms with van der Waals surface area (Å²) in [4.78, 5) is 27.5. The lowest BCUT2D eigenvalue weighted by Gasteiger charge is -2.33. The van der Waals surface area contributed by atoms with Gasteiger partial charge in [0.25, 0.3) is 0 Å². The third kappa shape index (κ3) is 3.82. The molecule has 0 atom stereocenters. The van der Waals surface area contributed by atoms with Gasteiger partial charge in [0.05, 0.1) is 12.8 Å². The molecule has 1 aromatic rings. The van der Waals surface area contributed by atoms with Gasteiger partial charge < -0.3 is 20.4 Å². The number of furan rings is 1. The number of hydrogen-bond donors (Lipinski definition) is 2. The van der Waals surface area contributed by atoms with Crippen molar-refractivity contribution in [3.05, 3.63) is 24.2 Å². The molecule has 0 saturated carbocycles. The van der Waals surface area contributed by atoms with Gasteiger partial charge in [-0.3, -0.25) is 14.5 Å². The molecular weight excluding hydrogens is 260 g/mol. The SMILES string of the molecule is NCCN1CCN(C(=O)C(=O)NCc2ccco2)CC1. The Morgan fingerprint density at radius 1 is 1.30 bits per heavy atom. The molecule has 2 heterocycles. The predicted molar refractivity (Wildman–Crippen MR) is 72.6 cm³/mol. The van der Waals surface area contributed by atoms with Crippen LogP contribution in [0.3, 0.4) is 0 Å². The molecule has 1 aromatic heterocycles. The first kappa shape index (κ1) is 14.5. The number of hydrogen-bond acceptors (Lipinski definition) is 5. The van der Waals surface area contributed by atoms with E-state index in [2.05, 4.69) is 10.2 Å². The molecule has 0 aromatic carbocycles. The third-order valence-corrected chi connectivity index (χ3v) is 3.30. The van der Waals surface area contributed by atoms with Crippen LogP contribution in [-0.4, -0.2) is 60.9 Å². The van der Waals surface area contributed by atoms with Gasteiger partial charge in [-0.2, -0.15) is 0 Å². The number of piperazine rings is 1. The topological polar surface area (TPSA) is 91.8 Å². The number of rotatable bonds is 4. The first-order valence-corrected chi connectivity index (χ1v) is 6.72. The van der Waals surface area contributed by atoms with E-state index in [-0.39, 0.29) is 6.54 Å². The average Bonchev–Trinajstić information content (AvgIpc) is 2.98. The zero-order chi connectivity index (χ0) is 14.4. The fourth-order valence-corrected chi connectivity index (χ4v) is 2.16. The molecule has 7 heteroatoms. The zero-order valence-electron chi connectivity index (χ0n) is 11.4. The lowest BCUT2D eigenvalue weighted by Crippen LogP contribution is -2.53. The highest BCUT2D eigenvalue weighted by Gasteiger charge is 2.25. The van der Waals surface area contributed by atoms with Crippen molar-refractivity contribution in [2.75, 3.05) is 39.3 Å². The molecule has 1 aliphatic rings. The molecule has 1 fully saturated rings. The minimum Gasteiger partial charge on any atom is -0.467 e. The Balaban J connectivity index is 1.75. The zero-order valence-corrected chi connectivity index (χ0v) is 11.4. The van der Waals surface area contributed by atoms with Gasteiger partial charge in [0.2, 0.25) is 0 Å². The second-order valence-corrected chi connectivity index (χ2v) is 4.68. The number of carbonyl (C=O) groups is 2. The van der Waals surface area contributed by atoms with Crippen molar-refractivity contribution in [3.63, 3.8) is 0 Å². The van der Waals surface area contributed by atoms with Crippen LogP contribution in [0.15, 0.2) is 22.8 Å². The van der Waals surface area contributed by atoms with Crippen molar-refractivity contribution < 1.29 is 14.0 Å². The Morgan fingerprint density at radius 2 is 2.05 bits per heavy atom. The summed E-state index contributed by atoms with van der Waals surface area (Å²) in [6.45, 7) is 4.30. The standard InChI is InChI=1S/C13H20N4O3/c14-3-4-16-5-7-17(8-6-16)13(19)12(18)15-10-11-2-1-9-20-11/h1-2,9H,3-8,10,14H2,(H,15,18). The molecular formula is C13H20N4O3. The van der Waals surface area contributed by atoms with E-state index in [0.717, 1.165) is 19.6 Å². The van der Waals surface area contributed by atoms with E-state index in [0.29, 0.717) is 25.4 Å². The van der Waals surface area contributed by atoms with Gasteiger partial charge >= 0.3 is 11.8 Å². The van der Waals surface area contributed by atoms with Crippen LogP contribution in [0, 0.1) is 0 Å². The van der Waals surface area contributed by atoms with Gasteiger partial charge in [-0.1, -0.05) is 0 Å². The van der Waals surface area contributed by atoms with Crippen LogP contribution in [-0.2, 0) is 16.1 Å². The molecule has 0 unspecified atom stereocenters. The molecule has 0 bridgehead atoms. The lowest BCUT2D eigenvalue weighted by molar-refractivity contribution is -0.147. The Bertz CT molecular complexity index is 438. The number of nitrogens with two attached hydrogens (primary N) is 1. The summed E-state index contributed by atoms with van der Waals surface area (Å²) in [5.74, 6) is -0.448. The summed E-state index contributed by atoms with van der Waals surface area (Å²) in [6.07, 6.45) is 1.53. The minimum absolute atomic E-state index is 0.227. The van der Waals surface area contributed by atoms with E-state index < -0.39 is 11.8 Å².